The highest BCUT2D eigenvalue weighted by Crippen LogP contribution is 2.48. The Balaban J connectivity index is 2.08. The lowest BCUT2D eigenvalue weighted by Crippen LogP contribution is -2.41. The zero-order chi connectivity index (χ0) is 11.0. The summed E-state index contributed by atoms with van der Waals surface area (Å²) in [4.78, 5) is 0. The standard InChI is InChI=1S/C13H17NO2/c1-15-10-3-2-4-11-12(10)13(9-16-11)5-7-14-8-6-13/h2-4,14H,5-9H2,1H3. The molecule has 0 aromatic heterocycles. The first-order valence-electron chi connectivity index (χ1n) is 5.87. The number of nitrogens with one attached hydrogen (secondary N) is 1. The summed E-state index contributed by atoms with van der Waals surface area (Å²) in [6.45, 7) is 2.95. The molecule has 1 saturated heterocycles. The van der Waals surface area contributed by atoms with Crippen LogP contribution < -0.4 is 14.8 Å². The van der Waals surface area contributed by atoms with Gasteiger partial charge in [0, 0.05) is 11.0 Å². The van der Waals surface area contributed by atoms with Crippen LogP contribution in [0.25, 0.3) is 0 Å². The zero-order valence-corrected chi connectivity index (χ0v) is 9.58. The lowest BCUT2D eigenvalue weighted by molar-refractivity contribution is 0.218. The molecule has 1 aromatic rings. The van der Waals surface area contributed by atoms with Gasteiger partial charge in [0.05, 0.1) is 13.7 Å². The van der Waals surface area contributed by atoms with Crippen molar-refractivity contribution >= 4 is 0 Å². The number of fused-ring (bicyclic) bond motifs is 2. The molecule has 0 atom stereocenters. The fourth-order valence-electron chi connectivity index (χ4n) is 2.91. The van der Waals surface area contributed by atoms with Gasteiger partial charge in [-0.25, -0.2) is 0 Å². The van der Waals surface area contributed by atoms with Crippen molar-refractivity contribution in [2.75, 3.05) is 26.8 Å². The lowest BCUT2D eigenvalue weighted by atomic mass is 9.74. The third-order valence-corrected chi connectivity index (χ3v) is 3.80. The molecule has 1 fully saturated rings. The van der Waals surface area contributed by atoms with Crippen LogP contribution in [0.3, 0.4) is 0 Å². The zero-order valence-electron chi connectivity index (χ0n) is 9.58. The van der Waals surface area contributed by atoms with E-state index in [1.165, 1.54) is 5.56 Å². The maximum Gasteiger partial charge on any atom is 0.126 e. The molecule has 16 heavy (non-hydrogen) atoms. The maximum absolute atomic E-state index is 5.83. The maximum atomic E-state index is 5.83. The SMILES string of the molecule is COc1cccc2c1C1(CCNCC1)CO2. The first-order valence-corrected chi connectivity index (χ1v) is 5.87. The summed E-state index contributed by atoms with van der Waals surface area (Å²) in [5.74, 6) is 2.00. The van der Waals surface area contributed by atoms with Crippen LogP contribution in [-0.2, 0) is 5.41 Å². The summed E-state index contributed by atoms with van der Waals surface area (Å²) in [6.07, 6.45) is 2.28. The molecular formula is C13H17NO2. The Morgan fingerprint density at radius 1 is 1.31 bits per heavy atom. The Morgan fingerprint density at radius 3 is 2.88 bits per heavy atom. The topological polar surface area (TPSA) is 30.5 Å². The van der Waals surface area contributed by atoms with Crippen molar-refractivity contribution in [1.29, 1.82) is 0 Å². The smallest absolute Gasteiger partial charge is 0.126 e. The molecule has 0 aliphatic carbocycles. The van der Waals surface area contributed by atoms with Crippen molar-refractivity contribution in [2.45, 2.75) is 18.3 Å². The number of piperidine rings is 1. The second-order valence-electron chi connectivity index (χ2n) is 4.65. The van der Waals surface area contributed by atoms with Gasteiger partial charge < -0.3 is 14.8 Å². The summed E-state index contributed by atoms with van der Waals surface area (Å²) >= 11 is 0. The average molecular weight is 219 g/mol. The highest BCUT2D eigenvalue weighted by Gasteiger charge is 2.43. The number of benzene rings is 1. The van der Waals surface area contributed by atoms with Gasteiger partial charge in [-0.2, -0.15) is 0 Å². The van der Waals surface area contributed by atoms with Crippen LogP contribution in [-0.4, -0.2) is 26.8 Å². The molecule has 0 bridgehead atoms. The number of hydrogen-bond acceptors (Lipinski definition) is 3. The van der Waals surface area contributed by atoms with Gasteiger partial charge in [0.15, 0.2) is 0 Å². The van der Waals surface area contributed by atoms with Gasteiger partial charge in [0.25, 0.3) is 0 Å². The third kappa shape index (κ3) is 1.31. The highest BCUT2D eigenvalue weighted by atomic mass is 16.5. The molecule has 3 rings (SSSR count). The number of hydrogen-bond donors (Lipinski definition) is 1. The molecule has 86 valence electrons. The summed E-state index contributed by atoms with van der Waals surface area (Å²) in [5, 5.41) is 3.41. The molecular weight excluding hydrogens is 202 g/mol. The largest absolute Gasteiger partial charge is 0.496 e. The molecule has 1 N–H and O–H groups in total. The van der Waals surface area contributed by atoms with Crippen LogP contribution in [0.15, 0.2) is 18.2 Å². The predicted molar refractivity (Wildman–Crippen MR) is 62.3 cm³/mol. The Hall–Kier alpha value is -1.22. The molecule has 0 radical (unpaired) electrons. The van der Waals surface area contributed by atoms with Gasteiger partial charge in [0.2, 0.25) is 0 Å². The van der Waals surface area contributed by atoms with Gasteiger partial charge in [-0.3, -0.25) is 0 Å². The molecule has 3 nitrogen and oxygen atoms in total. The minimum absolute atomic E-state index is 0.188. The molecule has 2 heterocycles. The molecule has 0 saturated carbocycles. The van der Waals surface area contributed by atoms with Gasteiger partial charge in [-0.15, -0.1) is 0 Å². The van der Waals surface area contributed by atoms with Crippen molar-refractivity contribution in [3.05, 3.63) is 23.8 Å². The molecule has 0 amide bonds. The van der Waals surface area contributed by atoms with E-state index < -0.39 is 0 Å². The Kier molecular flexibility index (Phi) is 2.28. The highest BCUT2D eigenvalue weighted by molar-refractivity contribution is 5.53. The molecule has 2 aliphatic rings. The first-order chi connectivity index (χ1) is 7.86. The molecule has 1 aromatic carbocycles. The Labute approximate surface area is 95.8 Å². The van der Waals surface area contributed by atoms with Crippen LogP contribution in [0.2, 0.25) is 0 Å². The number of rotatable bonds is 1. The van der Waals surface area contributed by atoms with Gasteiger partial charge in [0.1, 0.15) is 11.5 Å². The van der Waals surface area contributed by atoms with Crippen LogP contribution in [0.1, 0.15) is 18.4 Å². The van der Waals surface area contributed by atoms with Crippen molar-refractivity contribution in [3.63, 3.8) is 0 Å². The van der Waals surface area contributed by atoms with Crippen LogP contribution in [0.5, 0.6) is 11.5 Å². The fraction of sp³-hybridized carbons (Fsp3) is 0.538. The monoisotopic (exact) mass is 219 g/mol. The van der Waals surface area contributed by atoms with Crippen molar-refractivity contribution < 1.29 is 9.47 Å². The summed E-state index contributed by atoms with van der Waals surface area (Å²) in [7, 11) is 1.74. The number of ether oxygens (including phenoxy) is 2. The first kappa shape index (κ1) is 9.97. The molecule has 3 heteroatoms. The summed E-state index contributed by atoms with van der Waals surface area (Å²) < 4.78 is 11.3. The number of methoxy groups -OCH3 is 1. The summed E-state index contributed by atoms with van der Waals surface area (Å²) in [5.41, 5.74) is 1.48. The lowest BCUT2D eigenvalue weighted by Gasteiger charge is -2.33. The third-order valence-electron chi connectivity index (χ3n) is 3.80. The Bertz CT molecular complexity index is 391. The van der Waals surface area contributed by atoms with Crippen LogP contribution in [0.4, 0.5) is 0 Å². The van der Waals surface area contributed by atoms with E-state index in [9.17, 15) is 0 Å². The molecule has 1 spiro atoms. The fourth-order valence-corrected chi connectivity index (χ4v) is 2.91. The van der Waals surface area contributed by atoms with Crippen LogP contribution >= 0.6 is 0 Å². The van der Waals surface area contributed by atoms with E-state index in [0.717, 1.165) is 44.0 Å². The summed E-state index contributed by atoms with van der Waals surface area (Å²) in [6, 6.07) is 6.09. The second-order valence-corrected chi connectivity index (χ2v) is 4.65. The van der Waals surface area contributed by atoms with Crippen molar-refractivity contribution in [2.24, 2.45) is 0 Å². The van der Waals surface area contributed by atoms with Crippen molar-refractivity contribution in [1.82, 2.24) is 5.32 Å². The second kappa shape index (κ2) is 3.67. The van der Waals surface area contributed by atoms with Gasteiger partial charge in [-0.05, 0) is 38.1 Å². The van der Waals surface area contributed by atoms with E-state index >= 15 is 0 Å². The Morgan fingerprint density at radius 2 is 2.12 bits per heavy atom. The predicted octanol–water partition coefficient (Wildman–Crippen LogP) is 1.71. The van der Waals surface area contributed by atoms with Crippen LogP contribution in [0, 0.1) is 0 Å². The van der Waals surface area contributed by atoms with E-state index in [-0.39, 0.29) is 5.41 Å². The average Bonchev–Trinajstić information content (AvgIpc) is 2.70. The quantitative estimate of drug-likeness (QED) is 0.780. The minimum atomic E-state index is 0.188. The molecule has 2 aliphatic heterocycles. The van der Waals surface area contributed by atoms with E-state index in [2.05, 4.69) is 11.4 Å². The van der Waals surface area contributed by atoms with E-state index in [1.54, 1.807) is 7.11 Å². The van der Waals surface area contributed by atoms with Crippen molar-refractivity contribution in [3.8, 4) is 11.5 Å². The van der Waals surface area contributed by atoms with Gasteiger partial charge >= 0.3 is 0 Å². The van der Waals surface area contributed by atoms with E-state index in [0.29, 0.717) is 0 Å². The molecule has 0 unspecified atom stereocenters. The minimum Gasteiger partial charge on any atom is -0.496 e. The normalized spacial score (nSPS) is 21.6. The van der Waals surface area contributed by atoms with E-state index in [1.807, 2.05) is 12.1 Å². The van der Waals surface area contributed by atoms with Gasteiger partial charge in [-0.1, -0.05) is 6.07 Å². The van der Waals surface area contributed by atoms with E-state index in [4.69, 9.17) is 9.47 Å².